The summed E-state index contributed by atoms with van der Waals surface area (Å²) in [5.41, 5.74) is 12.0. The first-order chi connectivity index (χ1) is 8.90. The maximum Gasteiger partial charge on any atom is 0.269 e. The minimum absolute atomic E-state index is 0.146. The molecule has 0 radical (unpaired) electrons. The summed E-state index contributed by atoms with van der Waals surface area (Å²) in [7, 11) is 0. The molecule has 4 N–H and O–H groups in total. The lowest BCUT2D eigenvalue weighted by Crippen LogP contribution is -2.14. The standard InChI is InChI=1S/C12H16N6O/c1-6(2)11-15-9(13)7(3)12(16-11)18-5-4-8(17-18)10(14)19/h4-6H,1-3H3,(H2,14,19)(H2,13,15,16). The molecule has 0 aliphatic rings. The lowest BCUT2D eigenvalue weighted by Gasteiger charge is -2.11. The average molecular weight is 260 g/mol. The highest BCUT2D eigenvalue weighted by Crippen LogP contribution is 2.19. The van der Waals surface area contributed by atoms with Crippen LogP contribution in [0.1, 0.15) is 41.6 Å². The largest absolute Gasteiger partial charge is 0.383 e. The molecule has 7 nitrogen and oxygen atoms in total. The van der Waals surface area contributed by atoms with Crippen molar-refractivity contribution in [3.05, 3.63) is 29.3 Å². The van der Waals surface area contributed by atoms with Gasteiger partial charge in [0.2, 0.25) is 0 Å². The first-order valence-electron chi connectivity index (χ1n) is 5.90. The first-order valence-corrected chi connectivity index (χ1v) is 5.90. The van der Waals surface area contributed by atoms with E-state index in [1.807, 2.05) is 13.8 Å². The summed E-state index contributed by atoms with van der Waals surface area (Å²) in [4.78, 5) is 19.7. The second-order valence-electron chi connectivity index (χ2n) is 4.58. The summed E-state index contributed by atoms with van der Waals surface area (Å²) in [5.74, 6) is 1.16. The second kappa shape index (κ2) is 4.68. The van der Waals surface area contributed by atoms with Gasteiger partial charge in [0.15, 0.2) is 5.82 Å². The van der Waals surface area contributed by atoms with Crippen molar-refractivity contribution in [1.82, 2.24) is 19.7 Å². The smallest absolute Gasteiger partial charge is 0.269 e. The molecule has 2 heterocycles. The van der Waals surface area contributed by atoms with Crippen molar-refractivity contribution in [3.8, 4) is 5.82 Å². The fourth-order valence-corrected chi connectivity index (χ4v) is 1.59. The molecule has 0 atom stereocenters. The van der Waals surface area contributed by atoms with Crippen molar-refractivity contribution in [2.45, 2.75) is 26.7 Å². The number of hydrogen-bond donors (Lipinski definition) is 2. The molecule has 0 aliphatic heterocycles. The van der Waals surface area contributed by atoms with E-state index >= 15 is 0 Å². The van der Waals surface area contributed by atoms with Crippen LogP contribution in [0.4, 0.5) is 5.82 Å². The number of nitrogen functional groups attached to an aromatic ring is 1. The summed E-state index contributed by atoms with van der Waals surface area (Å²) in [5, 5.41) is 4.08. The predicted molar refractivity (Wildman–Crippen MR) is 70.9 cm³/mol. The molecule has 100 valence electrons. The molecule has 0 unspecified atom stereocenters. The van der Waals surface area contributed by atoms with Crippen molar-refractivity contribution < 1.29 is 4.79 Å². The van der Waals surface area contributed by atoms with Crippen LogP contribution in [-0.4, -0.2) is 25.7 Å². The number of hydrogen-bond acceptors (Lipinski definition) is 5. The second-order valence-corrected chi connectivity index (χ2v) is 4.58. The van der Waals surface area contributed by atoms with Gasteiger partial charge in [0.1, 0.15) is 17.3 Å². The van der Waals surface area contributed by atoms with E-state index < -0.39 is 5.91 Å². The molecule has 7 heteroatoms. The zero-order valence-electron chi connectivity index (χ0n) is 11.1. The number of carbonyl (C=O) groups is 1. The minimum Gasteiger partial charge on any atom is -0.383 e. The topological polar surface area (TPSA) is 113 Å². The van der Waals surface area contributed by atoms with E-state index in [0.29, 0.717) is 23.0 Å². The van der Waals surface area contributed by atoms with Crippen LogP contribution in [-0.2, 0) is 0 Å². The number of aromatic nitrogens is 4. The van der Waals surface area contributed by atoms with Gasteiger partial charge in [-0.05, 0) is 13.0 Å². The molecule has 2 aromatic heterocycles. The summed E-state index contributed by atoms with van der Waals surface area (Å²) in [6, 6.07) is 1.54. The number of nitrogens with two attached hydrogens (primary N) is 2. The van der Waals surface area contributed by atoms with Crippen LogP contribution in [0, 0.1) is 6.92 Å². The van der Waals surface area contributed by atoms with Gasteiger partial charge in [-0.3, -0.25) is 4.79 Å². The first kappa shape index (κ1) is 13.0. The molecule has 19 heavy (non-hydrogen) atoms. The normalized spacial score (nSPS) is 10.9. The third kappa shape index (κ3) is 2.40. The maximum atomic E-state index is 11.1. The number of amides is 1. The summed E-state index contributed by atoms with van der Waals surface area (Å²) in [6.07, 6.45) is 1.62. The SMILES string of the molecule is Cc1c(N)nc(C(C)C)nc1-n1ccc(C(N)=O)n1. The predicted octanol–water partition coefficient (Wildman–Crippen LogP) is 0.775. The van der Waals surface area contributed by atoms with Crippen molar-refractivity contribution in [2.24, 2.45) is 5.73 Å². The van der Waals surface area contributed by atoms with Crippen LogP contribution < -0.4 is 11.5 Å². The highest BCUT2D eigenvalue weighted by atomic mass is 16.1. The Morgan fingerprint density at radius 1 is 1.37 bits per heavy atom. The minimum atomic E-state index is -0.581. The van der Waals surface area contributed by atoms with Gasteiger partial charge in [-0.25, -0.2) is 14.6 Å². The van der Waals surface area contributed by atoms with Gasteiger partial charge >= 0.3 is 0 Å². The van der Waals surface area contributed by atoms with E-state index in [0.717, 1.165) is 0 Å². The van der Waals surface area contributed by atoms with Crippen molar-refractivity contribution in [3.63, 3.8) is 0 Å². The molecule has 0 fully saturated rings. The molecule has 0 saturated carbocycles. The molecule has 0 aromatic carbocycles. The fourth-order valence-electron chi connectivity index (χ4n) is 1.59. The Labute approximate surface area is 110 Å². The van der Waals surface area contributed by atoms with E-state index in [4.69, 9.17) is 11.5 Å². The summed E-state index contributed by atoms with van der Waals surface area (Å²) in [6.45, 7) is 5.76. The van der Waals surface area contributed by atoms with Gasteiger partial charge in [-0.2, -0.15) is 5.10 Å². The van der Waals surface area contributed by atoms with Gasteiger partial charge in [-0.15, -0.1) is 0 Å². The van der Waals surface area contributed by atoms with Crippen LogP contribution in [0.5, 0.6) is 0 Å². The van der Waals surface area contributed by atoms with Gasteiger partial charge in [0, 0.05) is 17.7 Å². The zero-order valence-corrected chi connectivity index (χ0v) is 11.1. The number of nitrogens with zero attached hydrogens (tertiary/aromatic N) is 4. The molecule has 0 spiro atoms. The maximum absolute atomic E-state index is 11.1. The molecule has 2 rings (SSSR count). The van der Waals surface area contributed by atoms with Crippen molar-refractivity contribution >= 4 is 11.7 Å². The number of primary amides is 1. The van der Waals surface area contributed by atoms with Gasteiger partial charge in [0.25, 0.3) is 5.91 Å². The molecule has 0 bridgehead atoms. The van der Waals surface area contributed by atoms with E-state index in [-0.39, 0.29) is 11.6 Å². The Balaban J connectivity index is 2.56. The van der Waals surface area contributed by atoms with E-state index in [1.165, 1.54) is 10.7 Å². The Kier molecular flexibility index (Phi) is 3.20. The number of carbonyl (C=O) groups excluding carboxylic acids is 1. The third-order valence-electron chi connectivity index (χ3n) is 2.75. The monoisotopic (exact) mass is 260 g/mol. The third-order valence-corrected chi connectivity index (χ3v) is 2.75. The van der Waals surface area contributed by atoms with E-state index in [1.54, 1.807) is 13.1 Å². The molecule has 0 saturated heterocycles. The van der Waals surface area contributed by atoms with Gasteiger partial charge in [0.05, 0.1) is 0 Å². The Hall–Kier alpha value is -2.44. The van der Waals surface area contributed by atoms with Crippen LogP contribution in [0.2, 0.25) is 0 Å². The molecule has 0 aliphatic carbocycles. The quantitative estimate of drug-likeness (QED) is 0.846. The van der Waals surface area contributed by atoms with Gasteiger partial charge < -0.3 is 11.5 Å². The zero-order chi connectivity index (χ0) is 14.2. The summed E-state index contributed by atoms with van der Waals surface area (Å²) < 4.78 is 1.49. The van der Waals surface area contributed by atoms with Crippen molar-refractivity contribution in [1.29, 1.82) is 0 Å². The van der Waals surface area contributed by atoms with Crippen LogP contribution in [0.3, 0.4) is 0 Å². The highest BCUT2D eigenvalue weighted by Gasteiger charge is 2.14. The number of anilines is 1. The Bertz CT molecular complexity index is 631. The van der Waals surface area contributed by atoms with Crippen molar-refractivity contribution in [2.75, 3.05) is 5.73 Å². The van der Waals surface area contributed by atoms with Gasteiger partial charge in [-0.1, -0.05) is 13.8 Å². The van der Waals surface area contributed by atoms with Crippen LogP contribution in [0.15, 0.2) is 12.3 Å². The highest BCUT2D eigenvalue weighted by molar-refractivity contribution is 5.90. The number of rotatable bonds is 3. The lowest BCUT2D eigenvalue weighted by atomic mass is 10.2. The molecule has 2 aromatic rings. The van der Waals surface area contributed by atoms with E-state index in [2.05, 4.69) is 15.1 Å². The average Bonchev–Trinajstić information content (AvgIpc) is 2.81. The Morgan fingerprint density at radius 3 is 2.58 bits per heavy atom. The lowest BCUT2D eigenvalue weighted by molar-refractivity contribution is 0.0995. The fraction of sp³-hybridized carbons (Fsp3) is 0.333. The molecular formula is C12H16N6O. The Morgan fingerprint density at radius 2 is 2.05 bits per heavy atom. The van der Waals surface area contributed by atoms with Crippen LogP contribution in [0.25, 0.3) is 5.82 Å². The van der Waals surface area contributed by atoms with Crippen LogP contribution >= 0.6 is 0 Å². The summed E-state index contributed by atoms with van der Waals surface area (Å²) >= 11 is 0. The molecule has 1 amide bonds. The van der Waals surface area contributed by atoms with E-state index in [9.17, 15) is 4.79 Å². The molecular weight excluding hydrogens is 244 g/mol.